The number of rotatable bonds is 1. The van der Waals surface area contributed by atoms with Crippen LogP contribution in [0.3, 0.4) is 0 Å². The average molecular weight is 324 g/mol. The molecule has 3 nitrogen and oxygen atoms in total. The Morgan fingerprint density at radius 3 is 2.81 bits per heavy atom. The number of hydrogen-bond donors (Lipinski definition) is 1. The number of thioether (sulfide) groups is 1. The largest absolute Gasteiger partial charge is 0.493 e. The van der Waals surface area contributed by atoms with Crippen LogP contribution in [0.1, 0.15) is 0 Å². The highest BCUT2D eigenvalue weighted by molar-refractivity contribution is 9.10. The third-order valence-corrected chi connectivity index (χ3v) is 3.82. The number of fused-ring (bicyclic) bond motifs is 1. The van der Waals surface area contributed by atoms with E-state index in [9.17, 15) is 9.50 Å². The molecular formula is C9H5BrClFN2OS. The van der Waals surface area contributed by atoms with E-state index in [1.807, 2.05) is 0 Å². The van der Waals surface area contributed by atoms with Crippen molar-refractivity contribution in [1.82, 2.24) is 9.97 Å². The van der Waals surface area contributed by atoms with Gasteiger partial charge in [-0.05, 0) is 28.3 Å². The molecule has 2 aromatic rings. The van der Waals surface area contributed by atoms with E-state index in [4.69, 9.17) is 11.6 Å². The van der Waals surface area contributed by atoms with Crippen molar-refractivity contribution >= 4 is 50.2 Å². The monoisotopic (exact) mass is 322 g/mol. The van der Waals surface area contributed by atoms with Gasteiger partial charge < -0.3 is 5.11 Å². The van der Waals surface area contributed by atoms with Crippen LogP contribution >= 0.6 is 39.3 Å². The van der Waals surface area contributed by atoms with Crippen LogP contribution in [0.25, 0.3) is 10.9 Å². The topological polar surface area (TPSA) is 46.0 Å². The van der Waals surface area contributed by atoms with Gasteiger partial charge in [-0.15, -0.1) is 0 Å². The molecule has 1 aromatic carbocycles. The van der Waals surface area contributed by atoms with Gasteiger partial charge in [-0.2, -0.15) is 4.98 Å². The lowest BCUT2D eigenvalue weighted by atomic mass is 10.2. The smallest absolute Gasteiger partial charge is 0.223 e. The molecule has 0 aliphatic rings. The van der Waals surface area contributed by atoms with Crippen LogP contribution in [0.2, 0.25) is 5.02 Å². The van der Waals surface area contributed by atoms with Crippen LogP contribution in [0.4, 0.5) is 4.39 Å². The molecule has 2 rings (SSSR count). The molecule has 0 radical (unpaired) electrons. The Labute approximate surface area is 108 Å². The highest BCUT2D eigenvalue weighted by Crippen LogP contribution is 2.34. The third kappa shape index (κ3) is 1.85. The van der Waals surface area contributed by atoms with E-state index in [2.05, 4.69) is 25.9 Å². The molecule has 0 spiro atoms. The number of halogens is 3. The second-order valence-electron chi connectivity index (χ2n) is 2.92. The predicted molar refractivity (Wildman–Crippen MR) is 65.7 cm³/mol. The van der Waals surface area contributed by atoms with Crippen molar-refractivity contribution in [3.8, 4) is 5.88 Å². The summed E-state index contributed by atoms with van der Waals surface area (Å²) >= 11 is 10.0. The summed E-state index contributed by atoms with van der Waals surface area (Å²) in [4.78, 5) is 7.78. The molecule has 0 unspecified atom stereocenters. The molecule has 1 heterocycles. The molecule has 0 bridgehead atoms. The fraction of sp³-hybridized carbons (Fsp3) is 0.111. The lowest BCUT2D eigenvalue weighted by Gasteiger charge is -2.06. The lowest BCUT2D eigenvalue weighted by Crippen LogP contribution is -1.93. The maximum Gasteiger partial charge on any atom is 0.223 e. The number of aromatic nitrogens is 2. The summed E-state index contributed by atoms with van der Waals surface area (Å²) in [6.07, 6.45) is 1.74. The Balaban J connectivity index is 2.90. The maximum absolute atomic E-state index is 13.8. The van der Waals surface area contributed by atoms with Crippen molar-refractivity contribution in [1.29, 1.82) is 0 Å². The SMILES string of the molecule is CSc1nc(O)c2cc(Cl)c(Br)c(F)c2n1. The first-order chi connectivity index (χ1) is 7.54. The number of hydrogen-bond acceptors (Lipinski definition) is 4. The van der Waals surface area contributed by atoms with E-state index in [1.165, 1.54) is 17.8 Å². The lowest BCUT2D eigenvalue weighted by molar-refractivity contribution is 0.453. The Kier molecular flexibility index (Phi) is 3.23. The van der Waals surface area contributed by atoms with Gasteiger partial charge in [-0.25, -0.2) is 9.37 Å². The van der Waals surface area contributed by atoms with Gasteiger partial charge in [0.05, 0.1) is 14.9 Å². The highest BCUT2D eigenvalue weighted by atomic mass is 79.9. The summed E-state index contributed by atoms with van der Waals surface area (Å²) < 4.78 is 13.9. The van der Waals surface area contributed by atoms with Crippen LogP contribution in [0.15, 0.2) is 15.7 Å². The second-order valence-corrected chi connectivity index (χ2v) is 4.89. The van der Waals surface area contributed by atoms with E-state index < -0.39 is 5.82 Å². The average Bonchev–Trinajstić information content (AvgIpc) is 2.27. The minimum Gasteiger partial charge on any atom is -0.493 e. The zero-order valence-electron chi connectivity index (χ0n) is 7.96. The molecule has 0 aliphatic carbocycles. The molecular weight excluding hydrogens is 319 g/mol. The molecule has 0 saturated heterocycles. The maximum atomic E-state index is 13.8. The van der Waals surface area contributed by atoms with Crippen molar-refractivity contribution in [2.45, 2.75) is 5.16 Å². The second kappa shape index (κ2) is 4.35. The number of nitrogens with zero attached hydrogens (tertiary/aromatic N) is 2. The summed E-state index contributed by atoms with van der Waals surface area (Å²) in [6, 6.07) is 1.42. The molecule has 0 amide bonds. The predicted octanol–water partition coefficient (Wildman–Crippen LogP) is 3.61. The zero-order valence-corrected chi connectivity index (χ0v) is 11.1. The Morgan fingerprint density at radius 1 is 1.50 bits per heavy atom. The first-order valence-electron chi connectivity index (χ1n) is 4.12. The van der Waals surface area contributed by atoms with Crippen molar-refractivity contribution in [2.75, 3.05) is 6.26 Å². The zero-order chi connectivity index (χ0) is 11.9. The highest BCUT2D eigenvalue weighted by Gasteiger charge is 2.15. The van der Waals surface area contributed by atoms with E-state index >= 15 is 0 Å². The molecule has 1 aromatic heterocycles. The first kappa shape index (κ1) is 11.9. The molecule has 0 fully saturated rings. The fourth-order valence-electron chi connectivity index (χ4n) is 1.23. The van der Waals surface area contributed by atoms with Crippen molar-refractivity contribution < 1.29 is 9.50 Å². The Bertz CT molecular complexity index is 581. The van der Waals surface area contributed by atoms with Crippen LogP contribution in [-0.2, 0) is 0 Å². The number of aromatic hydroxyl groups is 1. The van der Waals surface area contributed by atoms with Crippen LogP contribution in [0.5, 0.6) is 5.88 Å². The minimum absolute atomic E-state index is 0.0492. The van der Waals surface area contributed by atoms with Gasteiger partial charge in [-0.3, -0.25) is 0 Å². The Hall–Kier alpha value is -0.590. The van der Waals surface area contributed by atoms with Crippen LogP contribution in [-0.4, -0.2) is 21.3 Å². The van der Waals surface area contributed by atoms with Crippen LogP contribution in [0, 0.1) is 5.82 Å². The van der Waals surface area contributed by atoms with Gasteiger partial charge in [0.25, 0.3) is 0 Å². The van der Waals surface area contributed by atoms with Gasteiger partial charge >= 0.3 is 0 Å². The minimum atomic E-state index is -0.601. The third-order valence-electron chi connectivity index (χ3n) is 1.97. The summed E-state index contributed by atoms with van der Waals surface area (Å²) in [5.41, 5.74) is 0.0492. The molecule has 1 N–H and O–H groups in total. The van der Waals surface area contributed by atoms with Crippen molar-refractivity contribution in [3.05, 3.63) is 21.4 Å². The molecule has 7 heteroatoms. The van der Waals surface area contributed by atoms with Gasteiger partial charge in [0, 0.05) is 0 Å². The fourth-order valence-corrected chi connectivity index (χ4v) is 2.08. The van der Waals surface area contributed by atoms with E-state index in [0.717, 1.165) is 0 Å². The van der Waals surface area contributed by atoms with E-state index in [1.54, 1.807) is 6.26 Å². The first-order valence-corrected chi connectivity index (χ1v) is 6.52. The summed E-state index contributed by atoms with van der Waals surface area (Å²) in [5, 5.41) is 10.3. The molecule has 0 atom stereocenters. The van der Waals surface area contributed by atoms with Gasteiger partial charge in [-0.1, -0.05) is 23.4 Å². The molecule has 16 heavy (non-hydrogen) atoms. The number of benzene rings is 1. The molecule has 0 saturated carbocycles. The molecule has 84 valence electrons. The summed E-state index contributed by atoms with van der Waals surface area (Å²) in [7, 11) is 0. The van der Waals surface area contributed by atoms with Crippen molar-refractivity contribution in [2.24, 2.45) is 0 Å². The van der Waals surface area contributed by atoms with E-state index in [-0.39, 0.29) is 26.3 Å². The summed E-state index contributed by atoms with van der Waals surface area (Å²) in [5.74, 6) is -0.877. The summed E-state index contributed by atoms with van der Waals surface area (Å²) in [6.45, 7) is 0. The Morgan fingerprint density at radius 2 is 2.19 bits per heavy atom. The van der Waals surface area contributed by atoms with Gasteiger partial charge in [0.15, 0.2) is 11.0 Å². The van der Waals surface area contributed by atoms with Gasteiger partial charge in [0.1, 0.15) is 5.52 Å². The normalized spacial score (nSPS) is 11.0. The van der Waals surface area contributed by atoms with Crippen LogP contribution < -0.4 is 0 Å². The quantitative estimate of drug-likeness (QED) is 0.495. The van der Waals surface area contributed by atoms with Gasteiger partial charge in [0.2, 0.25) is 5.88 Å². The standard InChI is InChI=1S/C9H5BrClFN2OS/c1-16-9-13-7-3(8(15)14-9)2-4(11)5(10)6(7)12/h2H,1H3,(H,13,14,15). The van der Waals surface area contributed by atoms with E-state index in [0.29, 0.717) is 5.16 Å². The van der Waals surface area contributed by atoms with Crippen molar-refractivity contribution in [3.63, 3.8) is 0 Å². The molecule has 0 aliphatic heterocycles.